The number of anilines is 1. The summed E-state index contributed by atoms with van der Waals surface area (Å²) in [5, 5.41) is 3.38. The first-order valence-corrected chi connectivity index (χ1v) is 5.07. The number of aryl methyl sites for hydroxylation is 1. The highest BCUT2D eigenvalue weighted by atomic mass is 35.5. The number of piperidine rings is 1. The summed E-state index contributed by atoms with van der Waals surface area (Å²) in [5.41, 5.74) is 7.85. The Morgan fingerprint density at radius 2 is 2.19 bits per heavy atom. The summed E-state index contributed by atoms with van der Waals surface area (Å²) < 4.78 is 0. The molecule has 1 aliphatic rings. The second kappa shape index (κ2) is 6.89. The summed E-state index contributed by atoms with van der Waals surface area (Å²) in [7, 11) is 0. The van der Waals surface area contributed by atoms with Gasteiger partial charge in [0.05, 0.1) is 5.69 Å². The Kier molecular flexibility index (Phi) is 6.64. The third kappa shape index (κ3) is 3.47. The van der Waals surface area contributed by atoms with Gasteiger partial charge >= 0.3 is 0 Å². The van der Waals surface area contributed by atoms with Gasteiger partial charge in [-0.1, -0.05) is 0 Å². The Morgan fingerprint density at radius 1 is 1.44 bits per heavy atom. The molecular formula is C10H18Cl2N4. The van der Waals surface area contributed by atoms with Crippen LogP contribution in [0.5, 0.6) is 0 Å². The number of rotatable bonds is 1. The molecular weight excluding hydrogens is 247 g/mol. The summed E-state index contributed by atoms with van der Waals surface area (Å²) in [6.45, 7) is 4.18. The molecule has 4 nitrogen and oxygen atoms in total. The van der Waals surface area contributed by atoms with Gasteiger partial charge in [0.25, 0.3) is 0 Å². The topological polar surface area (TPSA) is 63.8 Å². The number of halogens is 2. The molecule has 0 aliphatic carbocycles. The molecule has 6 heteroatoms. The molecule has 0 saturated carbocycles. The third-order valence-electron chi connectivity index (χ3n) is 2.71. The Labute approximate surface area is 108 Å². The zero-order valence-corrected chi connectivity index (χ0v) is 10.9. The van der Waals surface area contributed by atoms with Crippen LogP contribution >= 0.6 is 24.8 Å². The molecule has 1 aliphatic heterocycles. The van der Waals surface area contributed by atoms with Crippen molar-refractivity contribution in [2.45, 2.75) is 25.7 Å². The number of hydrogen-bond acceptors (Lipinski definition) is 4. The van der Waals surface area contributed by atoms with Crippen LogP contribution in [0.2, 0.25) is 0 Å². The van der Waals surface area contributed by atoms with Crippen LogP contribution in [0.1, 0.15) is 30.0 Å². The summed E-state index contributed by atoms with van der Waals surface area (Å²) >= 11 is 0. The van der Waals surface area contributed by atoms with Gasteiger partial charge in [0, 0.05) is 18.7 Å². The first-order chi connectivity index (χ1) is 6.77. The Hall–Kier alpha value is -0.580. The number of nitrogens with two attached hydrogens (primary N) is 1. The van der Waals surface area contributed by atoms with E-state index in [1.807, 2.05) is 13.1 Å². The van der Waals surface area contributed by atoms with Gasteiger partial charge in [-0.3, -0.25) is 0 Å². The van der Waals surface area contributed by atoms with Crippen LogP contribution in [0.4, 0.5) is 5.95 Å². The normalized spacial score (nSPS) is 19.4. The Morgan fingerprint density at radius 3 is 2.81 bits per heavy atom. The van der Waals surface area contributed by atoms with E-state index in [0.29, 0.717) is 11.9 Å². The summed E-state index contributed by atoms with van der Waals surface area (Å²) in [5.74, 6) is 0.894. The smallest absolute Gasteiger partial charge is 0.220 e. The van der Waals surface area contributed by atoms with E-state index in [9.17, 15) is 0 Å². The van der Waals surface area contributed by atoms with Crippen LogP contribution in [0.15, 0.2) is 6.20 Å². The molecule has 2 rings (SSSR count). The monoisotopic (exact) mass is 264 g/mol. The zero-order chi connectivity index (χ0) is 9.97. The van der Waals surface area contributed by atoms with Gasteiger partial charge in [-0.25, -0.2) is 9.97 Å². The van der Waals surface area contributed by atoms with E-state index >= 15 is 0 Å². The molecule has 1 saturated heterocycles. The van der Waals surface area contributed by atoms with Gasteiger partial charge in [0.1, 0.15) is 0 Å². The Balaban J connectivity index is 0.00000112. The van der Waals surface area contributed by atoms with Gasteiger partial charge in [0.2, 0.25) is 5.95 Å². The molecule has 0 amide bonds. The molecule has 0 spiro atoms. The lowest BCUT2D eigenvalue weighted by Gasteiger charge is -2.23. The molecule has 92 valence electrons. The highest BCUT2D eigenvalue weighted by molar-refractivity contribution is 5.85. The second-order valence-electron chi connectivity index (χ2n) is 3.84. The van der Waals surface area contributed by atoms with Crippen LogP contribution < -0.4 is 11.1 Å². The van der Waals surface area contributed by atoms with Gasteiger partial charge in [0.15, 0.2) is 0 Å². The van der Waals surface area contributed by atoms with Crippen molar-refractivity contribution in [3.63, 3.8) is 0 Å². The van der Waals surface area contributed by atoms with Crippen molar-refractivity contribution in [1.29, 1.82) is 0 Å². The number of nitrogen functional groups attached to an aromatic ring is 1. The van der Waals surface area contributed by atoms with E-state index in [1.54, 1.807) is 0 Å². The van der Waals surface area contributed by atoms with Crippen molar-refractivity contribution in [3.8, 4) is 0 Å². The lowest BCUT2D eigenvalue weighted by Crippen LogP contribution is -2.29. The SMILES string of the molecule is Cc1cnc(N)nc1C1CCCNC1.Cl.Cl. The Bertz CT molecular complexity index is 327. The van der Waals surface area contributed by atoms with E-state index in [2.05, 4.69) is 15.3 Å². The minimum atomic E-state index is 0. The molecule has 0 radical (unpaired) electrons. The maximum Gasteiger partial charge on any atom is 0.220 e. The fourth-order valence-corrected chi connectivity index (χ4v) is 1.97. The minimum absolute atomic E-state index is 0. The first-order valence-electron chi connectivity index (χ1n) is 5.07. The number of aromatic nitrogens is 2. The maximum atomic E-state index is 5.59. The van der Waals surface area contributed by atoms with Crippen molar-refractivity contribution >= 4 is 30.8 Å². The fourth-order valence-electron chi connectivity index (χ4n) is 1.97. The summed E-state index contributed by atoms with van der Waals surface area (Å²) in [4.78, 5) is 8.30. The fraction of sp³-hybridized carbons (Fsp3) is 0.600. The molecule has 2 heterocycles. The molecule has 3 N–H and O–H groups in total. The third-order valence-corrected chi connectivity index (χ3v) is 2.71. The minimum Gasteiger partial charge on any atom is -0.368 e. The second-order valence-corrected chi connectivity index (χ2v) is 3.84. The highest BCUT2D eigenvalue weighted by Crippen LogP contribution is 2.23. The van der Waals surface area contributed by atoms with E-state index in [1.165, 1.54) is 12.8 Å². The van der Waals surface area contributed by atoms with E-state index in [0.717, 1.165) is 24.3 Å². The number of nitrogens with zero attached hydrogens (tertiary/aromatic N) is 2. The molecule has 1 atom stereocenters. The van der Waals surface area contributed by atoms with E-state index in [4.69, 9.17) is 5.73 Å². The largest absolute Gasteiger partial charge is 0.368 e. The van der Waals surface area contributed by atoms with Gasteiger partial charge in [-0.2, -0.15) is 0 Å². The lowest BCUT2D eigenvalue weighted by atomic mass is 9.94. The highest BCUT2D eigenvalue weighted by Gasteiger charge is 2.18. The van der Waals surface area contributed by atoms with Crippen molar-refractivity contribution in [2.75, 3.05) is 18.8 Å². The molecule has 1 aromatic heterocycles. The van der Waals surface area contributed by atoms with Gasteiger partial charge in [-0.15, -0.1) is 24.8 Å². The van der Waals surface area contributed by atoms with Gasteiger partial charge in [-0.05, 0) is 31.9 Å². The van der Waals surface area contributed by atoms with Crippen LogP contribution in [-0.2, 0) is 0 Å². The van der Waals surface area contributed by atoms with Crippen LogP contribution in [0.3, 0.4) is 0 Å². The predicted octanol–water partition coefficient (Wildman–Crippen LogP) is 1.68. The van der Waals surface area contributed by atoms with Crippen LogP contribution in [0, 0.1) is 6.92 Å². The number of nitrogens with one attached hydrogen (secondary N) is 1. The zero-order valence-electron chi connectivity index (χ0n) is 9.27. The van der Waals surface area contributed by atoms with Crippen molar-refractivity contribution < 1.29 is 0 Å². The van der Waals surface area contributed by atoms with Gasteiger partial charge < -0.3 is 11.1 Å². The molecule has 0 bridgehead atoms. The molecule has 1 aromatic rings. The molecule has 1 unspecified atom stereocenters. The lowest BCUT2D eigenvalue weighted by molar-refractivity contribution is 0.453. The van der Waals surface area contributed by atoms with Crippen LogP contribution in [-0.4, -0.2) is 23.1 Å². The average Bonchev–Trinajstić information content (AvgIpc) is 2.23. The first kappa shape index (κ1) is 15.4. The maximum absolute atomic E-state index is 5.59. The summed E-state index contributed by atoms with van der Waals surface area (Å²) in [6, 6.07) is 0. The van der Waals surface area contributed by atoms with E-state index in [-0.39, 0.29) is 24.8 Å². The van der Waals surface area contributed by atoms with Crippen molar-refractivity contribution in [2.24, 2.45) is 0 Å². The number of hydrogen-bond donors (Lipinski definition) is 2. The van der Waals surface area contributed by atoms with E-state index < -0.39 is 0 Å². The predicted molar refractivity (Wildman–Crippen MR) is 70.5 cm³/mol. The molecule has 1 fully saturated rings. The van der Waals surface area contributed by atoms with Crippen molar-refractivity contribution in [1.82, 2.24) is 15.3 Å². The average molecular weight is 265 g/mol. The quantitative estimate of drug-likeness (QED) is 0.810. The van der Waals surface area contributed by atoms with Crippen molar-refractivity contribution in [3.05, 3.63) is 17.5 Å². The molecule has 0 aromatic carbocycles. The molecule has 16 heavy (non-hydrogen) atoms. The van der Waals surface area contributed by atoms with Crippen LogP contribution in [0.25, 0.3) is 0 Å². The summed E-state index contributed by atoms with van der Waals surface area (Å²) in [6.07, 6.45) is 4.23. The standard InChI is InChI=1S/C10H16N4.2ClH/c1-7-5-13-10(11)14-9(7)8-3-2-4-12-6-8;;/h5,8,12H,2-4,6H2,1H3,(H2,11,13,14);2*1H.